The second-order valence-corrected chi connectivity index (χ2v) is 19.7. The Morgan fingerprint density at radius 2 is 0.717 bits per heavy atom. The molecule has 0 saturated heterocycles. The predicted octanol–water partition coefficient (Wildman–Crippen LogP) is -11.9. The van der Waals surface area contributed by atoms with Gasteiger partial charge in [-0.25, -0.2) is 16.8 Å². The Kier molecular flexibility index (Phi) is 41.4. The zero-order chi connectivity index (χ0) is 45.3. The van der Waals surface area contributed by atoms with Crippen LogP contribution in [0.25, 0.3) is 0 Å². The molecule has 0 heterocycles. The van der Waals surface area contributed by atoms with Gasteiger partial charge in [-0.1, -0.05) is 41.5 Å². The second-order valence-electron chi connectivity index (χ2n) is 16.9. The van der Waals surface area contributed by atoms with Crippen molar-refractivity contribution in [2.45, 2.75) is 158 Å². The maximum absolute atomic E-state index is 12.4. The molecule has 0 aromatic carbocycles. The fourth-order valence-corrected chi connectivity index (χ4v) is 6.85. The molecule has 4 atom stereocenters. The molecule has 0 radical (unpaired) electrons. The third-order valence-corrected chi connectivity index (χ3v) is 10.3. The number of hydrogen-bond acceptors (Lipinski definition) is 14. The van der Waals surface area contributed by atoms with Gasteiger partial charge < -0.3 is 50.2 Å². The quantitative estimate of drug-likeness (QED) is 0.0614. The molecule has 0 fully saturated rings. The van der Waals surface area contributed by atoms with Crippen molar-refractivity contribution in [2.75, 3.05) is 11.5 Å². The van der Waals surface area contributed by atoms with E-state index in [4.69, 9.17) is 0 Å². The maximum atomic E-state index is 12.4. The van der Waals surface area contributed by atoms with Gasteiger partial charge in [-0.3, -0.25) is 19.2 Å². The van der Waals surface area contributed by atoms with Crippen LogP contribution in [0.3, 0.4) is 0 Å². The van der Waals surface area contributed by atoms with Gasteiger partial charge in [0.15, 0.2) is 0 Å². The molecule has 0 aliphatic heterocycles. The van der Waals surface area contributed by atoms with Crippen molar-refractivity contribution >= 4 is 55.8 Å². The van der Waals surface area contributed by atoms with Crippen molar-refractivity contribution in [1.29, 1.82) is 0 Å². The average molecular weight is 935 g/mol. The van der Waals surface area contributed by atoms with Crippen molar-refractivity contribution in [3.63, 3.8) is 0 Å². The van der Waals surface area contributed by atoms with Crippen molar-refractivity contribution < 1.29 is 183 Å². The smallest absolute Gasteiger partial charge is 0.748 e. The van der Waals surface area contributed by atoms with Crippen LogP contribution in [-0.2, 0) is 49.0 Å². The van der Waals surface area contributed by atoms with Crippen LogP contribution in [0.2, 0.25) is 0 Å². The normalized spacial score (nSPS) is 13.5. The summed E-state index contributed by atoms with van der Waals surface area (Å²) in [5.74, 6) is -6.36. The number of carboxylic acid groups (broad SMARTS) is 2. The zero-order valence-corrected chi connectivity index (χ0v) is 49.1. The van der Waals surface area contributed by atoms with Gasteiger partial charge in [0, 0.05) is 70.6 Å². The number of carbonyl (C=O) groups excluding carboxylic acids is 6. The molecule has 0 aromatic heterocycles. The first-order valence-electron chi connectivity index (χ1n) is 18.4. The fourth-order valence-electron chi connectivity index (χ4n) is 4.94. The van der Waals surface area contributed by atoms with Gasteiger partial charge in [-0.05, 0) is 81.1 Å². The van der Waals surface area contributed by atoms with Crippen LogP contribution in [0.4, 0.5) is 0 Å². The first-order valence-corrected chi connectivity index (χ1v) is 21.5. The minimum atomic E-state index is -4.51. The second kappa shape index (κ2) is 33.2. The molecule has 330 valence electrons. The first kappa shape index (κ1) is 75.0. The van der Waals surface area contributed by atoms with Gasteiger partial charge in [0.1, 0.15) is 0 Å². The third-order valence-electron chi connectivity index (χ3n) is 8.16. The zero-order valence-electron chi connectivity index (χ0n) is 39.5. The van der Waals surface area contributed by atoms with Crippen molar-refractivity contribution in [2.24, 2.45) is 23.7 Å². The summed E-state index contributed by atoms with van der Waals surface area (Å²) in [7, 11) is -8.83. The molecular weight excluding hydrogens is 869 g/mol. The van der Waals surface area contributed by atoms with Gasteiger partial charge in [0.05, 0.1) is 31.7 Å². The van der Waals surface area contributed by atoms with E-state index in [0.717, 1.165) is 6.42 Å². The van der Waals surface area contributed by atoms with Crippen LogP contribution in [0, 0.1) is 23.7 Å². The maximum Gasteiger partial charge on any atom is 1.00 e. The molecule has 18 nitrogen and oxygen atoms in total. The Morgan fingerprint density at radius 3 is 0.950 bits per heavy atom. The summed E-state index contributed by atoms with van der Waals surface area (Å²) >= 11 is 0. The van der Waals surface area contributed by atoms with E-state index in [0.29, 0.717) is 12.8 Å². The van der Waals surface area contributed by atoms with Crippen LogP contribution in [0.15, 0.2) is 0 Å². The van der Waals surface area contributed by atoms with E-state index in [1.807, 2.05) is 20.8 Å². The molecule has 0 spiro atoms. The topological polar surface area (TPSA) is 311 Å². The minimum Gasteiger partial charge on any atom is -0.748 e. The number of aliphatic carboxylic acids is 2. The van der Waals surface area contributed by atoms with Crippen LogP contribution < -0.4 is 150 Å². The molecule has 0 aliphatic carbocycles. The van der Waals surface area contributed by atoms with Gasteiger partial charge in [-0.15, -0.1) is 0 Å². The molecular formula is C36H66N4Na4O14S2. The summed E-state index contributed by atoms with van der Waals surface area (Å²) < 4.78 is 64.4. The van der Waals surface area contributed by atoms with E-state index in [2.05, 4.69) is 21.3 Å². The van der Waals surface area contributed by atoms with E-state index in [9.17, 15) is 64.9 Å². The number of amides is 4. The molecule has 0 saturated carbocycles. The molecule has 0 aromatic rings. The van der Waals surface area contributed by atoms with Crippen molar-refractivity contribution in [1.82, 2.24) is 21.3 Å². The van der Waals surface area contributed by atoms with Gasteiger partial charge in [0.25, 0.3) is 0 Å². The summed E-state index contributed by atoms with van der Waals surface area (Å²) in [5.41, 5.74) is -3.97. The molecule has 60 heavy (non-hydrogen) atoms. The minimum absolute atomic E-state index is 0. The van der Waals surface area contributed by atoms with E-state index < -0.39 is 83.6 Å². The largest absolute Gasteiger partial charge is 1.00 e. The van der Waals surface area contributed by atoms with E-state index in [1.165, 1.54) is 27.7 Å². The molecule has 0 rings (SSSR count). The number of carbonyl (C=O) groups is 6. The monoisotopic (exact) mass is 934 g/mol. The number of nitrogens with one attached hydrogen (secondary N) is 4. The molecule has 0 aliphatic rings. The number of hydrogen-bond donors (Lipinski definition) is 4. The first-order chi connectivity index (χ1) is 24.8. The van der Waals surface area contributed by atoms with E-state index in [-0.39, 0.29) is 167 Å². The summed E-state index contributed by atoms with van der Waals surface area (Å²) in [6.07, 6.45) is 1.52. The standard InChI is InChI=1S/C17H32N2O7S.C10H19NO3.C9H19NO4S.4Na/c1-7-12(15(23)19-16(3,4)9-13(20)21)8-11(2)14(22)18-17(5,6)10-27(24,25)26;1-5-7(2)9(14)11-10(3,4)6-8(12)13;1-5-7(2)8(11)10-9(3,4)6-15(12,13)14;;;;/h11-12H,7-10H2,1-6H3,(H,18,22)(H,19,23)(H,20,21)(H,24,25,26);7H,5-6H2,1-4H3,(H,11,14)(H,12,13);7H,5-6H2,1-4H3,(H,10,11)(H,12,13,14);;;;/q;;;4*+1/p-4. The Morgan fingerprint density at radius 1 is 0.467 bits per heavy atom. The number of rotatable bonds is 21. The van der Waals surface area contributed by atoms with Crippen molar-refractivity contribution in [3.05, 3.63) is 0 Å². The Labute approximate surface area is 447 Å². The Bertz CT molecular complexity index is 1560. The van der Waals surface area contributed by atoms with E-state index in [1.54, 1.807) is 48.5 Å². The van der Waals surface area contributed by atoms with Gasteiger partial charge in [0.2, 0.25) is 23.6 Å². The average Bonchev–Trinajstić information content (AvgIpc) is 2.94. The van der Waals surface area contributed by atoms with Crippen LogP contribution in [0.1, 0.15) is 135 Å². The van der Waals surface area contributed by atoms with Gasteiger partial charge in [-0.2, -0.15) is 0 Å². The number of carboxylic acids is 2. The summed E-state index contributed by atoms with van der Waals surface area (Å²) in [4.78, 5) is 68.8. The Balaban J connectivity index is -0.000000146. The molecule has 24 heteroatoms. The molecule has 4 N–H and O–H groups in total. The molecule has 0 bridgehead atoms. The van der Waals surface area contributed by atoms with Crippen LogP contribution in [-0.4, -0.2) is 95.2 Å². The van der Waals surface area contributed by atoms with Crippen LogP contribution >= 0.6 is 0 Å². The van der Waals surface area contributed by atoms with Gasteiger partial charge >= 0.3 is 118 Å². The summed E-state index contributed by atoms with van der Waals surface area (Å²) in [6.45, 7) is 23.1. The van der Waals surface area contributed by atoms with Crippen molar-refractivity contribution in [3.8, 4) is 0 Å². The summed E-state index contributed by atoms with van der Waals surface area (Å²) in [6, 6.07) is 0. The molecule has 4 amide bonds. The molecule has 4 unspecified atom stereocenters. The fraction of sp³-hybridized carbons (Fsp3) is 0.833. The SMILES string of the molecule is CCC(C)C(=O)NC(C)(C)CC(=O)[O-].CCC(C)C(=O)NC(C)(C)CS(=O)(=O)[O-].CCC(CC(C)C(=O)NC(C)(C)CS(=O)(=O)[O-])C(=O)NC(C)(C)CC(=O)[O-].[Na+].[Na+].[Na+].[Na+]. The van der Waals surface area contributed by atoms with E-state index >= 15 is 0 Å². The predicted molar refractivity (Wildman–Crippen MR) is 204 cm³/mol. The summed E-state index contributed by atoms with van der Waals surface area (Å²) in [5, 5.41) is 31.5. The van der Waals surface area contributed by atoms with Crippen LogP contribution in [0.5, 0.6) is 0 Å². The third kappa shape index (κ3) is 41.4. The Hall–Kier alpha value is 0.640.